The number of rotatable bonds is 2. The summed E-state index contributed by atoms with van der Waals surface area (Å²) in [5.41, 5.74) is 14.1. The summed E-state index contributed by atoms with van der Waals surface area (Å²) in [6.07, 6.45) is 0. The van der Waals surface area contributed by atoms with Gasteiger partial charge in [0.25, 0.3) is 0 Å². The van der Waals surface area contributed by atoms with Gasteiger partial charge in [0.2, 0.25) is 0 Å². The minimum atomic E-state index is 0.895. The molecule has 0 unspecified atom stereocenters. The molecule has 13 rings (SSSR count). The van der Waals surface area contributed by atoms with E-state index in [1.807, 2.05) is 0 Å². The average Bonchev–Trinajstić information content (AvgIpc) is 3.95. The molecule has 0 radical (unpaired) electrons. The number of fused-ring (bicyclic) bond motifs is 15. The van der Waals surface area contributed by atoms with Crippen molar-refractivity contribution < 1.29 is 4.42 Å². The number of hydrogen-bond acceptors (Lipinski definition) is 1. The number of benzene rings is 9. The van der Waals surface area contributed by atoms with E-state index in [9.17, 15) is 0 Å². The topological polar surface area (TPSA) is 23.0 Å². The van der Waals surface area contributed by atoms with Gasteiger partial charge in [-0.15, -0.1) is 0 Å². The Balaban J connectivity index is 1.27. The predicted molar refractivity (Wildman–Crippen MR) is 222 cm³/mol. The lowest BCUT2D eigenvalue weighted by Gasteiger charge is -2.13. The molecule has 3 nitrogen and oxygen atoms in total. The fraction of sp³-hybridized carbons (Fsp3) is 0. The van der Waals surface area contributed by atoms with Gasteiger partial charge < -0.3 is 13.6 Å². The second kappa shape index (κ2) is 9.81. The Morgan fingerprint density at radius 1 is 0.340 bits per heavy atom. The zero-order valence-corrected chi connectivity index (χ0v) is 28.5. The Labute approximate surface area is 303 Å². The molecule has 0 spiro atoms. The summed E-state index contributed by atoms with van der Waals surface area (Å²) in [7, 11) is 0. The van der Waals surface area contributed by atoms with Gasteiger partial charge in [-0.2, -0.15) is 0 Å². The van der Waals surface area contributed by atoms with Crippen molar-refractivity contribution in [2.75, 3.05) is 0 Å². The van der Waals surface area contributed by atoms with Gasteiger partial charge in [-0.25, -0.2) is 0 Å². The average molecular weight is 673 g/mol. The third-order valence-electron chi connectivity index (χ3n) is 11.8. The maximum atomic E-state index is 6.58. The first kappa shape index (κ1) is 27.6. The van der Waals surface area contributed by atoms with Gasteiger partial charge in [-0.1, -0.05) is 121 Å². The molecule has 244 valence electrons. The third kappa shape index (κ3) is 3.44. The normalized spacial score (nSPS) is 12.5. The van der Waals surface area contributed by atoms with E-state index >= 15 is 0 Å². The number of hydrogen-bond donors (Lipinski definition) is 0. The Kier molecular flexibility index (Phi) is 5.11. The predicted octanol–water partition coefficient (Wildman–Crippen LogP) is 13.7. The Morgan fingerprint density at radius 3 is 1.94 bits per heavy atom. The fourth-order valence-corrected chi connectivity index (χ4v) is 9.70. The van der Waals surface area contributed by atoms with Crippen LogP contribution in [0, 0.1) is 0 Å². The molecule has 0 fully saturated rings. The van der Waals surface area contributed by atoms with Gasteiger partial charge in [0, 0.05) is 38.0 Å². The van der Waals surface area contributed by atoms with E-state index in [4.69, 9.17) is 4.42 Å². The summed E-state index contributed by atoms with van der Waals surface area (Å²) >= 11 is 0. The molecule has 0 aliphatic heterocycles. The molecule has 3 heterocycles. The number of nitrogens with zero attached hydrogens (tertiary/aromatic N) is 2. The quantitative estimate of drug-likeness (QED) is 0.179. The van der Waals surface area contributed by atoms with Gasteiger partial charge in [0.1, 0.15) is 11.2 Å². The molecule has 53 heavy (non-hydrogen) atoms. The number of para-hydroxylation sites is 2. The molecule has 12 aromatic rings. The van der Waals surface area contributed by atoms with E-state index in [-0.39, 0.29) is 0 Å². The largest absolute Gasteiger partial charge is 0.456 e. The van der Waals surface area contributed by atoms with Gasteiger partial charge in [-0.05, 0) is 86.9 Å². The summed E-state index contributed by atoms with van der Waals surface area (Å²) in [6.45, 7) is 0. The molecular weight excluding hydrogens is 645 g/mol. The van der Waals surface area contributed by atoms with Crippen LogP contribution in [0.4, 0.5) is 0 Å². The van der Waals surface area contributed by atoms with Gasteiger partial charge in [0.05, 0.1) is 33.1 Å². The molecule has 1 aliphatic carbocycles. The zero-order chi connectivity index (χ0) is 34.4. The van der Waals surface area contributed by atoms with E-state index in [2.05, 4.69) is 179 Å². The summed E-state index contributed by atoms with van der Waals surface area (Å²) < 4.78 is 11.6. The molecular formula is C50H28N2O. The van der Waals surface area contributed by atoms with Crippen LogP contribution in [0.25, 0.3) is 121 Å². The van der Waals surface area contributed by atoms with Gasteiger partial charge in [0.15, 0.2) is 0 Å². The first-order chi connectivity index (χ1) is 26.3. The molecule has 9 aromatic carbocycles. The second-order valence-corrected chi connectivity index (χ2v) is 14.4. The van der Waals surface area contributed by atoms with E-state index in [0.717, 1.165) is 27.6 Å². The highest BCUT2D eigenvalue weighted by Gasteiger charge is 2.27. The van der Waals surface area contributed by atoms with E-state index in [1.54, 1.807) is 0 Å². The molecule has 3 heteroatoms. The standard InChI is InChI=1S/C50H28N2O/c1-2-14-32-29(11-1)12-10-21-41(32)52-42-20-7-5-17-35(42)37-23-25-43-47(49(37)52)39-24-26-45-48(38-18-6-8-22-44(38)53-45)50(39)51(43)31-27-30-13-9-19-36-33-15-3-4-16-34(33)40(28-31)46(30)36/h1-28H. The van der Waals surface area contributed by atoms with E-state index < -0.39 is 0 Å². The van der Waals surface area contributed by atoms with Crippen LogP contribution in [0.15, 0.2) is 174 Å². The lowest BCUT2D eigenvalue weighted by atomic mass is 10.0. The summed E-state index contributed by atoms with van der Waals surface area (Å²) in [4.78, 5) is 0. The maximum absolute atomic E-state index is 6.58. The summed E-state index contributed by atoms with van der Waals surface area (Å²) in [5.74, 6) is 0. The van der Waals surface area contributed by atoms with Crippen LogP contribution in [-0.4, -0.2) is 9.13 Å². The van der Waals surface area contributed by atoms with Crippen LogP contribution >= 0.6 is 0 Å². The molecule has 1 aliphatic rings. The Hall–Kier alpha value is -7.10. The molecule has 0 saturated carbocycles. The SMILES string of the molecule is c1ccc2c(c1)-c1cccc3cc(-n4c5ccc6c7ccccc7n(-c7cccc8ccccc78)c6c5c5ccc6oc7ccccc7c6c54)cc-2c13. The monoisotopic (exact) mass is 672 g/mol. The van der Waals surface area contributed by atoms with Crippen molar-refractivity contribution in [3.63, 3.8) is 0 Å². The highest BCUT2D eigenvalue weighted by atomic mass is 16.3. The minimum absolute atomic E-state index is 0.895. The molecule has 0 atom stereocenters. The van der Waals surface area contributed by atoms with Crippen molar-refractivity contribution in [1.82, 2.24) is 9.13 Å². The van der Waals surface area contributed by atoms with Crippen LogP contribution in [0.2, 0.25) is 0 Å². The molecule has 0 N–H and O–H groups in total. The molecule has 0 bridgehead atoms. The van der Waals surface area contributed by atoms with Crippen LogP contribution in [0.5, 0.6) is 0 Å². The van der Waals surface area contributed by atoms with E-state index in [0.29, 0.717) is 0 Å². The zero-order valence-electron chi connectivity index (χ0n) is 28.5. The Bertz CT molecular complexity index is 3570. The van der Waals surface area contributed by atoms with Crippen LogP contribution in [0.1, 0.15) is 0 Å². The van der Waals surface area contributed by atoms with Crippen molar-refractivity contribution >= 4 is 87.1 Å². The van der Waals surface area contributed by atoms with Gasteiger partial charge in [-0.3, -0.25) is 0 Å². The fourth-order valence-electron chi connectivity index (χ4n) is 9.70. The van der Waals surface area contributed by atoms with Crippen molar-refractivity contribution in [3.05, 3.63) is 170 Å². The molecule has 0 amide bonds. The first-order valence-electron chi connectivity index (χ1n) is 18.3. The van der Waals surface area contributed by atoms with Crippen molar-refractivity contribution in [2.24, 2.45) is 0 Å². The van der Waals surface area contributed by atoms with Crippen molar-refractivity contribution in [1.29, 1.82) is 0 Å². The van der Waals surface area contributed by atoms with Crippen LogP contribution < -0.4 is 0 Å². The Morgan fingerprint density at radius 2 is 1.02 bits per heavy atom. The van der Waals surface area contributed by atoms with Crippen molar-refractivity contribution in [3.8, 4) is 33.6 Å². The highest BCUT2D eigenvalue weighted by Crippen LogP contribution is 2.50. The lowest BCUT2D eigenvalue weighted by Crippen LogP contribution is -1.97. The summed E-state index contributed by atoms with van der Waals surface area (Å²) in [6, 6.07) is 62.3. The number of aromatic nitrogens is 2. The molecule has 3 aromatic heterocycles. The van der Waals surface area contributed by atoms with Crippen LogP contribution in [0.3, 0.4) is 0 Å². The van der Waals surface area contributed by atoms with E-state index in [1.165, 1.54) is 93.1 Å². The van der Waals surface area contributed by atoms with Crippen molar-refractivity contribution in [2.45, 2.75) is 0 Å². The second-order valence-electron chi connectivity index (χ2n) is 14.4. The van der Waals surface area contributed by atoms with Crippen LogP contribution in [-0.2, 0) is 0 Å². The molecule has 0 saturated heterocycles. The first-order valence-corrected chi connectivity index (χ1v) is 18.3. The third-order valence-corrected chi connectivity index (χ3v) is 11.8. The van der Waals surface area contributed by atoms with Gasteiger partial charge >= 0.3 is 0 Å². The highest BCUT2D eigenvalue weighted by molar-refractivity contribution is 6.31. The lowest BCUT2D eigenvalue weighted by molar-refractivity contribution is 0.669. The summed E-state index contributed by atoms with van der Waals surface area (Å²) in [5, 5.41) is 12.2. The number of furan rings is 1. The minimum Gasteiger partial charge on any atom is -0.456 e. The maximum Gasteiger partial charge on any atom is 0.137 e. The smallest absolute Gasteiger partial charge is 0.137 e.